The number of carbonyl (C=O) groups excluding carboxylic acids is 16. The Labute approximate surface area is 716 Å². The van der Waals surface area contributed by atoms with Crippen LogP contribution in [0.25, 0.3) is 0 Å². The van der Waals surface area contributed by atoms with E-state index in [-0.39, 0.29) is 86.4 Å². The van der Waals surface area contributed by atoms with Crippen molar-refractivity contribution in [2.45, 2.75) is 215 Å². The third-order valence-corrected chi connectivity index (χ3v) is 18.8. The van der Waals surface area contributed by atoms with E-state index in [4.69, 9.17) is 39.2 Å². The molecule has 4 rings (SSSR count). The minimum atomic E-state index is -2.14. The van der Waals surface area contributed by atoms with Gasteiger partial charge in [-0.25, -0.2) is 9.78 Å². The van der Waals surface area contributed by atoms with Gasteiger partial charge in [0.1, 0.15) is 90.0 Å². The van der Waals surface area contributed by atoms with Crippen LogP contribution in [0.15, 0.2) is 91.4 Å². The number of primary amides is 2. The summed E-state index contributed by atoms with van der Waals surface area (Å²) in [5.41, 5.74) is 29.0. The molecule has 0 aliphatic carbocycles. The average molecular weight is 1750 g/mol. The number of unbranched alkanes of at least 4 members (excludes halogenated alkanes) is 1. The molecular weight excluding hydrogens is 1640 g/mol. The summed E-state index contributed by atoms with van der Waals surface area (Å²) < 4.78 is 0. The smallest absolute Gasteiger partial charge is 0.326 e. The molecule has 0 aliphatic heterocycles. The number of aromatic hydroxyl groups is 2. The summed E-state index contributed by atoms with van der Waals surface area (Å²) in [6.45, 7) is 4.16. The van der Waals surface area contributed by atoms with Gasteiger partial charge in [-0.3, -0.25) is 91.7 Å². The number of nitrogens with one attached hydrogen (secondary N) is 17. The van der Waals surface area contributed by atoms with Gasteiger partial charge >= 0.3 is 17.9 Å². The van der Waals surface area contributed by atoms with Crippen LogP contribution < -0.4 is 108 Å². The van der Waals surface area contributed by atoms with Gasteiger partial charge in [0.25, 0.3) is 0 Å². The summed E-state index contributed by atoms with van der Waals surface area (Å²) in [6, 6.07) is -3.71. The lowest BCUT2D eigenvalue weighted by Gasteiger charge is -2.27. The highest BCUT2D eigenvalue weighted by atomic mass is 16.4. The van der Waals surface area contributed by atoms with Crippen molar-refractivity contribution in [1.82, 2.24) is 89.7 Å². The van der Waals surface area contributed by atoms with Gasteiger partial charge in [-0.05, 0) is 127 Å². The molecule has 125 heavy (non-hydrogen) atoms. The quantitative estimate of drug-likeness (QED) is 0.0111. The summed E-state index contributed by atoms with van der Waals surface area (Å²) >= 11 is 0. The first-order valence-electron chi connectivity index (χ1n) is 39.6. The van der Waals surface area contributed by atoms with Gasteiger partial charge in [0, 0.05) is 63.4 Å². The molecule has 0 saturated carbocycles. The highest BCUT2D eigenvalue weighted by Crippen LogP contribution is 2.16. The molecule has 1 aromatic heterocycles. The molecule has 4 aromatic rings. The van der Waals surface area contributed by atoms with Crippen molar-refractivity contribution >= 4 is 118 Å². The first-order valence-corrected chi connectivity index (χ1v) is 39.6. The number of rotatable bonds is 56. The highest BCUT2D eigenvalue weighted by molar-refractivity contribution is 6.01. The van der Waals surface area contributed by atoms with Crippen molar-refractivity contribution in [2.24, 2.45) is 28.7 Å². The van der Waals surface area contributed by atoms with Crippen molar-refractivity contribution in [2.75, 3.05) is 19.6 Å². The molecule has 0 aliphatic rings. The second-order valence-electron chi connectivity index (χ2n) is 29.2. The maximum absolute atomic E-state index is 14.5. The third-order valence-electron chi connectivity index (χ3n) is 18.8. The van der Waals surface area contributed by atoms with Gasteiger partial charge in [-0.1, -0.05) is 54.6 Å². The molecule has 0 radical (unpaired) electrons. The van der Waals surface area contributed by atoms with Gasteiger partial charge in [0.15, 0.2) is 5.96 Å². The van der Waals surface area contributed by atoms with Crippen LogP contribution in [0.5, 0.6) is 11.5 Å². The zero-order chi connectivity index (χ0) is 93.2. The largest absolute Gasteiger partial charge is 0.508 e. The Balaban J connectivity index is 1.53. The van der Waals surface area contributed by atoms with E-state index >= 15 is 0 Å². The lowest BCUT2D eigenvalue weighted by molar-refractivity contribution is -0.143. The molecule has 3 aromatic carbocycles. The van der Waals surface area contributed by atoms with Crippen molar-refractivity contribution in [1.29, 1.82) is 5.41 Å². The lowest BCUT2D eigenvalue weighted by atomic mass is 10.0. The number of H-pyrrole nitrogens is 1. The van der Waals surface area contributed by atoms with Crippen LogP contribution in [0, 0.1) is 5.41 Å². The molecule has 32 N–H and O–H groups in total. The number of nitrogens with zero attached hydrogens (tertiary/aromatic N) is 1. The minimum absolute atomic E-state index is 0.0245. The maximum Gasteiger partial charge on any atom is 0.326 e. The molecule has 14 atom stereocenters. The van der Waals surface area contributed by atoms with Gasteiger partial charge in [0.05, 0.1) is 25.3 Å². The van der Waals surface area contributed by atoms with E-state index in [0.29, 0.717) is 18.4 Å². The maximum atomic E-state index is 14.5. The number of aliphatic carboxylic acids is 3. The fourth-order valence-corrected chi connectivity index (χ4v) is 11.8. The summed E-state index contributed by atoms with van der Waals surface area (Å²) in [5.74, 6) is -21.9. The normalized spacial score (nSPS) is 14.3. The van der Waals surface area contributed by atoms with Crippen molar-refractivity contribution in [3.63, 3.8) is 0 Å². The zero-order valence-electron chi connectivity index (χ0n) is 69.0. The Morgan fingerprint density at radius 3 is 1.22 bits per heavy atom. The van der Waals surface area contributed by atoms with Crippen molar-refractivity contribution < 1.29 is 117 Å². The topological polar surface area (TPSA) is 789 Å². The predicted octanol–water partition coefficient (Wildman–Crippen LogP) is -7.74. The summed E-state index contributed by atoms with van der Waals surface area (Å²) in [6.07, 6.45) is -2.15. The molecule has 47 heteroatoms. The molecule has 682 valence electrons. The highest BCUT2D eigenvalue weighted by Gasteiger charge is 2.38. The van der Waals surface area contributed by atoms with Gasteiger partial charge in [0.2, 0.25) is 94.5 Å². The number of carboxylic acid groups (broad SMARTS) is 3. The van der Waals surface area contributed by atoms with Crippen LogP contribution >= 0.6 is 0 Å². The van der Waals surface area contributed by atoms with E-state index in [2.05, 4.69) is 89.7 Å². The summed E-state index contributed by atoms with van der Waals surface area (Å²) in [4.78, 5) is 261. The molecule has 0 bridgehead atoms. The number of hydrogen-bond acceptors (Lipinski definition) is 25. The molecule has 0 unspecified atom stereocenters. The number of phenolic OH excluding ortho intramolecular Hbond substituents is 2. The Morgan fingerprint density at radius 1 is 0.392 bits per heavy atom. The monoisotopic (exact) mass is 1750 g/mol. The molecule has 1 heterocycles. The number of aromatic nitrogens is 2. The summed E-state index contributed by atoms with van der Waals surface area (Å²) in [7, 11) is 0. The first-order chi connectivity index (χ1) is 59.0. The van der Waals surface area contributed by atoms with Crippen molar-refractivity contribution in [3.8, 4) is 11.5 Å². The molecular formula is C78H111N23O24. The second kappa shape index (κ2) is 52.7. The van der Waals surface area contributed by atoms with Crippen LogP contribution in [-0.2, 0) is 117 Å². The van der Waals surface area contributed by atoms with Crippen LogP contribution in [0.2, 0.25) is 0 Å². The Hall–Kier alpha value is -14.4. The number of carbonyl (C=O) groups is 19. The summed E-state index contributed by atoms with van der Waals surface area (Å²) in [5, 5.41) is 92.8. The van der Waals surface area contributed by atoms with Gasteiger partial charge in [-0.15, -0.1) is 0 Å². The fraction of sp³-hybridized carbons (Fsp3) is 0.474. The van der Waals surface area contributed by atoms with Crippen LogP contribution in [0.4, 0.5) is 0 Å². The van der Waals surface area contributed by atoms with E-state index < -0.39 is 254 Å². The van der Waals surface area contributed by atoms with Gasteiger partial charge < -0.3 is 139 Å². The van der Waals surface area contributed by atoms with Crippen LogP contribution in [0.1, 0.15) is 127 Å². The Bertz CT molecular complexity index is 4410. The molecule has 0 fully saturated rings. The standard InChI is InChI=1S/C78H111N23O24/c1-39(91-70(117)51(14-10-30-86-78(83)84)95-71(118)50(13-8-9-29-79)94-68(115)49(80)23-26-59(81)104)64(111)89-42(4)67(114)99-56(33-45-17-21-48(103)22-18-45)75(122)101-58(35-63(109)110)76(123)96-52(24-27-60(82)105)72(119)100-54(32-44-15-19-47(102)20-16-44)69(116)87-37-61(106)93-57(34-46-36-85-38-88-46)73(120)92-40(2)65(112)90-41(3)66(113)98-55(31-43-11-6-5-7-12-43)74(121)97-53(77(124)125)25-28-62(107)108/h5-7,11-12,15-22,36,38-42,49-58,102-103H,8-10,13-14,23-35,37,79-80H2,1-4H3,(H2,81,104)(H2,82,105)(H,85,88)(H,87,116)(H,89,111)(H,90,112)(H,91,117)(H,92,120)(H,93,106)(H,94,115)(H,95,118)(H,96,123)(H,97,121)(H,98,113)(H,99,114)(H,100,119)(H,101,122)(H,107,108)(H,109,110)(H,124,125)(H4,83,84,86)/t39-,40-,41-,42-,49-,50-,51-,52-,53-,54-,55-,56-,57-,58-/m0/s1. The minimum Gasteiger partial charge on any atom is -0.508 e. The number of hydrogen-bond donors (Lipinski definition) is 27. The number of guanidine groups is 1. The molecule has 16 amide bonds. The number of imidazole rings is 1. The average Bonchev–Trinajstić information content (AvgIpc) is 1.54. The van der Waals surface area contributed by atoms with E-state index in [1.807, 2.05) is 0 Å². The molecule has 47 nitrogen and oxygen atoms in total. The van der Waals surface area contributed by atoms with E-state index in [1.165, 1.54) is 88.8 Å². The van der Waals surface area contributed by atoms with E-state index in [9.17, 15) is 112 Å². The Morgan fingerprint density at radius 2 is 0.768 bits per heavy atom. The number of aromatic amines is 1. The number of amides is 16. The predicted molar refractivity (Wildman–Crippen MR) is 441 cm³/mol. The third kappa shape index (κ3) is 38.9. The first kappa shape index (κ1) is 103. The lowest BCUT2D eigenvalue weighted by Crippen LogP contribution is -2.60. The van der Waals surface area contributed by atoms with Crippen molar-refractivity contribution in [3.05, 3.63) is 114 Å². The van der Waals surface area contributed by atoms with Gasteiger partial charge in [-0.2, -0.15) is 0 Å². The number of carboxylic acids is 3. The Kier molecular flexibility index (Phi) is 43.4. The molecule has 0 saturated heterocycles. The number of benzene rings is 3. The molecule has 0 spiro atoms. The van der Waals surface area contributed by atoms with Crippen LogP contribution in [-0.4, -0.2) is 258 Å². The number of phenols is 2. The number of nitrogens with two attached hydrogens (primary N) is 5. The van der Waals surface area contributed by atoms with Crippen LogP contribution in [0.3, 0.4) is 0 Å². The second-order valence-corrected chi connectivity index (χ2v) is 29.2. The van der Waals surface area contributed by atoms with E-state index in [0.717, 1.165) is 0 Å². The fourth-order valence-electron chi connectivity index (χ4n) is 11.8. The zero-order valence-corrected chi connectivity index (χ0v) is 69.0. The van der Waals surface area contributed by atoms with E-state index in [1.54, 1.807) is 30.3 Å². The SMILES string of the molecule is C[C@H](NC(=O)[C@H](C)NC(=O)[C@H](Cc1cnc[nH]1)NC(=O)CNC(=O)[C@H](Cc1ccc(O)cc1)NC(=O)[C@H](CCC(N)=O)NC(=O)[C@H](CC(=O)O)NC(=O)[C@H](Cc1ccc(O)cc1)NC(=O)[C@H](C)NC(=O)[C@H](C)NC(=O)[C@H](CCCNC(=N)N)NC(=O)[C@H](CCCCN)NC(=O)[C@@H](N)CCC(N)=O)C(=O)N[C@@H](Cc1ccccc1)C(=O)N[C@@H](CCC(=O)O)C(=O)O.